The summed E-state index contributed by atoms with van der Waals surface area (Å²) in [5.74, 6) is 0.254. The second-order valence-corrected chi connectivity index (χ2v) is 8.32. The third-order valence-electron chi connectivity index (χ3n) is 4.95. The van der Waals surface area contributed by atoms with Gasteiger partial charge in [-0.15, -0.1) is 11.3 Å². The van der Waals surface area contributed by atoms with Crippen LogP contribution in [0.2, 0.25) is 0 Å². The van der Waals surface area contributed by atoms with Gasteiger partial charge in [0.1, 0.15) is 10.8 Å². The Morgan fingerprint density at radius 1 is 0.970 bits per heavy atom. The molecule has 0 fully saturated rings. The average Bonchev–Trinajstić information content (AvgIpc) is 3.27. The number of amides is 2. The van der Waals surface area contributed by atoms with Crippen molar-refractivity contribution in [3.05, 3.63) is 95.0 Å². The highest BCUT2D eigenvalue weighted by molar-refractivity contribution is 7.13. The molecule has 2 amide bonds. The van der Waals surface area contributed by atoms with Crippen molar-refractivity contribution >= 4 is 34.5 Å². The minimum absolute atomic E-state index is 0.112. The van der Waals surface area contributed by atoms with Gasteiger partial charge in [-0.05, 0) is 61.0 Å². The van der Waals surface area contributed by atoms with E-state index in [1.165, 1.54) is 11.3 Å². The SMILES string of the molecule is COc1ccc(-c2nc(CC(=O)Nc3ccccc3C(=O)Nc3cccc(C)c3)cs2)cc1. The topological polar surface area (TPSA) is 80.3 Å². The van der Waals surface area contributed by atoms with Crippen LogP contribution in [0.15, 0.2) is 78.2 Å². The lowest BCUT2D eigenvalue weighted by Crippen LogP contribution is -2.19. The summed E-state index contributed by atoms with van der Waals surface area (Å²) in [6.07, 6.45) is 0.112. The molecule has 1 heterocycles. The van der Waals surface area contributed by atoms with E-state index in [1.54, 1.807) is 31.4 Å². The number of aryl methyl sites for hydroxylation is 1. The van der Waals surface area contributed by atoms with Gasteiger partial charge in [-0.25, -0.2) is 4.98 Å². The van der Waals surface area contributed by atoms with Crippen LogP contribution in [-0.2, 0) is 11.2 Å². The number of methoxy groups -OCH3 is 1. The van der Waals surface area contributed by atoms with Crippen LogP contribution in [0.5, 0.6) is 5.75 Å². The molecule has 0 bridgehead atoms. The van der Waals surface area contributed by atoms with Crippen LogP contribution in [0, 0.1) is 6.92 Å². The zero-order valence-electron chi connectivity index (χ0n) is 18.3. The van der Waals surface area contributed by atoms with Gasteiger partial charge in [0.25, 0.3) is 5.91 Å². The van der Waals surface area contributed by atoms with E-state index in [1.807, 2.05) is 60.8 Å². The van der Waals surface area contributed by atoms with Gasteiger partial charge in [-0.3, -0.25) is 9.59 Å². The van der Waals surface area contributed by atoms with Gasteiger partial charge in [-0.2, -0.15) is 0 Å². The van der Waals surface area contributed by atoms with Gasteiger partial charge in [-0.1, -0.05) is 24.3 Å². The number of hydrogen-bond acceptors (Lipinski definition) is 5. The molecule has 33 heavy (non-hydrogen) atoms. The summed E-state index contributed by atoms with van der Waals surface area (Å²) < 4.78 is 5.19. The molecule has 0 aliphatic rings. The number of aromatic nitrogens is 1. The number of carbonyl (C=O) groups is 2. The van der Waals surface area contributed by atoms with Gasteiger partial charge >= 0.3 is 0 Å². The molecule has 6 nitrogen and oxygen atoms in total. The molecule has 0 spiro atoms. The van der Waals surface area contributed by atoms with Crippen molar-refractivity contribution in [2.45, 2.75) is 13.3 Å². The molecule has 166 valence electrons. The smallest absolute Gasteiger partial charge is 0.257 e. The number of ether oxygens (including phenoxy) is 1. The fourth-order valence-corrected chi connectivity index (χ4v) is 4.15. The van der Waals surface area contributed by atoms with E-state index in [0.29, 0.717) is 22.6 Å². The lowest BCUT2D eigenvalue weighted by atomic mass is 10.1. The van der Waals surface area contributed by atoms with Crippen molar-refractivity contribution in [3.63, 3.8) is 0 Å². The Bertz CT molecular complexity index is 1280. The van der Waals surface area contributed by atoms with E-state index in [2.05, 4.69) is 15.6 Å². The van der Waals surface area contributed by atoms with Crippen LogP contribution in [0.3, 0.4) is 0 Å². The van der Waals surface area contributed by atoms with Crippen LogP contribution in [0.4, 0.5) is 11.4 Å². The highest BCUT2D eigenvalue weighted by atomic mass is 32.1. The van der Waals surface area contributed by atoms with Crippen LogP contribution in [0.1, 0.15) is 21.6 Å². The molecule has 0 saturated carbocycles. The molecule has 0 atom stereocenters. The maximum absolute atomic E-state index is 12.8. The fourth-order valence-electron chi connectivity index (χ4n) is 3.32. The molecule has 0 unspecified atom stereocenters. The summed E-state index contributed by atoms with van der Waals surface area (Å²) in [5, 5.41) is 8.43. The summed E-state index contributed by atoms with van der Waals surface area (Å²) in [4.78, 5) is 30.1. The van der Waals surface area contributed by atoms with Crippen molar-refractivity contribution in [2.24, 2.45) is 0 Å². The number of nitrogens with zero attached hydrogens (tertiary/aromatic N) is 1. The lowest BCUT2D eigenvalue weighted by molar-refractivity contribution is -0.115. The molecule has 0 saturated heterocycles. The van der Waals surface area contributed by atoms with Gasteiger partial charge < -0.3 is 15.4 Å². The zero-order chi connectivity index (χ0) is 23.2. The first kappa shape index (κ1) is 22.2. The summed E-state index contributed by atoms with van der Waals surface area (Å²) in [7, 11) is 1.62. The Kier molecular flexibility index (Phi) is 6.80. The molecule has 3 aromatic carbocycles. The molecular formula is C26H23N3O3S. The third-order valence-corrected chi connectivity index (χ3v) is 5.89. The molecule has 0 aliphatic carbocycles. The number of carbonyl (C=O) groups excluding carboxylic acids is 2. The van der Waals surface area contributed by atoms with Crippen molar-refractivity contribution < 1.29 is 14.3 Å². The van der Waals surface area contributed by atoms with Crippen LogP contribution < -0.4 is 15.4 Å². The summed E-state index contributed by atoms with van der Waals surface area (Å²) in [5.41, 5.74) is 4.24. The Labute approximate surface area is 196 Å². The zero-order valence-corrected chi connectivity index (χ0v) is 19.1. The predicted octanol–water partition coefficient (Wildman–Crippen LogP) is 5.56. The molecule has 1 aromatic heterocycles. The number of anilines is 2. The van der Waals surface area contributed by atoms with E-state index in [9.17, 15) is 9.59 Å². The monoisotopic (exact) mass is 457 g/mol. The average molecular weight is 458 g/mol. The molecular weight excluding hydrogens is 434 g/mol. The number of nitrogens with one attached hydrogen (secondary N) is 2. The number of benzene rings is 3. The second-order valence-electron chi connectivity index (χ2n) is 7.47. The van der Waals surface area contributed by atoms with Gasteiger partial charge in [0.15, 0.2) is 0 Å². The van der Waals surface area contributed by atoms with Gasteiger partial charge in [0.2, 0.25) is 5.91 Å². The highest BCUT2D eigenvalue weighted by Crippen LogP contribution is 2.26. The number of thiazole rings is 1. The van der Waals surface area contributed by atoms with Crippen LogP contribution in [-0.4, -0.2) is 23.9 Å². The van der Waals surface area contributed by atoms with Crippen LogP contribution >= 0.6 is 11.3 Å². The lowest BCUT2D eigenvalue weighted by Gasteiger charge is -2.11. The van der Waals surface area contributed by atoms with E-state index >= 15 is 0 Å². The maximum Gasteiger partial charge on any atom is 0.257 e. The standard InChI is InChI=1S/C26H23N3O3S/c1-17-6-5-7-19(14-17)27-25(31)22-8-3-4-9-23(22)29-24(30)15-20-16-33-26(28-20)18-10-12-21(32-2)13-11-18/h3-14,16H,15H2,1-2H3,(H,27,31)(H,29,30). The Balaban J connectivity index is 1.43. The number of rotatable bonds is 7. The normalized spacial score (nSPS) is 10.5. The van der Waals surface area contributed by atoms with Gasteiger partial charge in [0, 0.05) is 16.6 Å². The Morgan fingerprint density at radius 2 is 1.76 bits per heavy atom. The molecule has 4 aromatic rings. The van der Waals surface area contributed by atoms with Crippen molar-refractivity contribution in [1.29, 1.82) is 0 Å². The number of hydrogen-bond donors (Lipinski definition) is 2. The summed E-state index contributed by atoms with van der Waals surface area (Å²) >= 11 is 1.48. The Morgan fingerprint density at radius 3 is 2.52 bits per heavy atom. The second kappa shape index (κ2) is 10.1. The van der Waals surface area contributed by atoms with E-state index in [0.717, 1.165) is 21.9 Å². The van der Waals surface area contributed by atoms with Crippen molar-refractivity contribution in [3.8, 4) is 16.3 Å². The molecule has 7 heteroatoms. The molecule has 0 radical (unpaired) electrons. The third kappa shape index (κ3) is 5.64. The summed E-state index contributed by atoms with van der Waals surface area (Å²) in [6, 6.07) is 22.1. The number of para-hydroxylation sites is 1. The first-order chi connectivity index (χ1) is 16.0. The van der Waals surface area contributed by atoms with E-state index < -0.39 is 0 Å². The first-order valence-corrected chi connectivity index (χ1v) is 11.3. The minimum Gasteiger partial charge on any atom is -0.497 e. The molecule has 2 N–H and O–H groups in total. The van der Waals surface area contributed by atoms with Crippen molar-refractivity contribution in [2.75, 3.05) is 17.7 Å². The van der Waals surface area contributed by atoms with E-state index in [4.69, 9.17) is 4.74 Å². The predicted molar refractivity (Wildman–Crippen MR) is 132 cm³/mol. The first-order valence-electron chi connectivity index (χ1n) is 10.4. The van der Waals surface area contributed by atoms with E-state index in [-0.39, 0.29) is 18.2 Å². The molecule has 0 aliphatic heterocycles. The largest absolute Gasteiger partial charge is 0.497 e. The minimum atomic E-state index is -0.285. The van der Waals surface area contributed by atoms with Crippen molar-refractivity contribution in [1.82, 2.24) is 4.98 Å². The quantitative estimate of drug-likeness (QED) is 0.381. The molecule has 4 rings (SSSR count). The maximum atomic E-state index is 12.8. The fraction of sp³-hybridized carbons (Fsp3) is 0.115. The summed E-state index contributed by atoms with van der Waals surface area (Å²) in [6.45, 7) is 1.96. The Hall–Kier alpha value is -3.97. The van der Waals surface area contributed by atoms with Gasteiger partial charge in [0.05, 0.1) is 30.5 Å². The highest BCUT2D eigenvalue weighted by Gasteiger charge is 2.15. The van der Waals surface area contributed by atoms with Crippen LogP contribution in [0.25, 0.3) is 10.6 Å².